The maximum absolute atomic E-state index is 13.3. The lowest BCUT2D eigenvalue weighted by Crippen LogP contribution is -2.46. The van der Waals surface area contributed by atoms with Crippen LogP contribution in [0.15, 0.2) is 54.6 Å². The monoisotopic (exact) mass is 487 g/mol. The Hall–Kier alpha value is -3.75. The Morgan fingerprint density at radius 3 is 2.42 bits per heavy atom. The highest BCUT2D eigenvalue weighted by Crippen LogP contribution is 2.41. The van der Waals surface area contributed by atoms with Crippen LogP contribution < -0.4 is 10.6 Å². The molecule has 1 fully saturated rings. The summed E-state index contributed by atoms with van der Waals surface area (Å²) < 4.78 is 5.43. The van der Waals surface area contributed by atoms with Gasteiger partial charge in [-0.25, -0.2) is 0 Å². The van der Waals surface area contributed by atoms with Crippen molar-refractivity contribution >= 4 is 34.2 Å². The summed E-state index contributed by atoms with van der Waals surface area (Å²) in [6.07, 6.45) is 0.408. The van der Waals surface area contributed by atoms with Gasteiger partial charge in [-0.3, -0.25) is 24.2 Å². The number of amides is 2. The van der Waals surface area contributed by atoms with Crippen molar-refractivity contribution < 1.29 is 24.2 Å². The van der Waals surface area contributed by atoms with Crippen molar-refractivity contribution in [2.45, 2.75) is 31.8 Å². The zero-order valence-corrected chi connectivity index (χ0v) is 20.0. The Balaban J connectivity index is 1.41. The first kappa shape index (κ1) is 24.0. The number of carbonyl (C=O) groups excluding carboxylic acids is 2. The van der Waals surface area contributed by atoms with Crippen molar-refractivity contribution in [1.82, 2.24) is 4.90 Å². The Kier molecular flexibility index (Phi) is 6.71. The van der Waals surface area contributed by atoms with Crippen LogP contribution in [0.1, 0.15) is 39.9 Å². The summed E-state index contributed by atoms with van der Waals surface area (Å²) in [4.78, 5) is 40.4. The maximum atomic E-state index is 13.3. The van der Waals surface area contributed by atoms with Gasteiger partial charge in [-0.2, -0.15) is 0 Å². The highest BCUT2D eigenvalue weighted by atomic mass is 16.5. The Morgan fingerprint density at radius 2 is 1.72 bits per heavy atom. The van der Waals surface area contributed by atoms with Gasteiger partial charge in [0.25, 0.3) is 5.91 Å². The number of aliphatic carboxylic acids is 1. The zero-order valence-electron chi connectivity index (χ0n) is 20.0. The molecular weight excluding hydrogens is 458 g/mol. The molecule has 2 amide bonds. The van der Waals surface area contributed by atoms with Crippen LogP contribution in [0.4, 0.5) is 5.69 Å². The molecule has 0 aliphatic carbocycles. The number of hydrogen-bond acceptors (Lipinski definition) is 5. The lowest BCUT2D eigenvalue weighted by atomic mass is 9.95. The fraction of sp³-hybridized carbons (Fsp3) is 0.321. The second kappa shape index (κ2) is 10.1. The third-order valence-electron chi connectivity index (χ3n) is 7.02. The van der Waals surface area contributed by atoms with Gasteiger partial charge >= 0.3 is 5.97 Å². The summed E-state index contributed by atoms with van der Waals surface area (Å²) in [6, 6.07) is 17.0. The quantitative estimate of drug-likeness (QED) is 0.480. The highest BCUT2D eigenvalue weighted by Gasteiger charge is 2.37. The highest BCUT2D eigenvalue weighted by molar-refractivity contribution is 6.27. The average molecular weight is 488 g/mol. The van der Waals surface area contributed by atoms with E-state index < -0.39 is 17.9 Å². The number of nitrogens with zero attached hydrogens (tertiary/aromatic N) is 2. The lowest BCUT2D eigenvalue weighted by Gasteiger charge is -2.26. The maximum Gasteiger partial charge on any atom is 0.303 e. The van der Waals surface area contributed by atoms with Crippen molar-refractivity contribution in [3.63, 3.8) is 0 Å². The standard InChI is InChI=1S/C28H29N3O5/c29-27(34)24(10-11-25(32)33)31-23-9-8-20(21-2-1-3-22(26(21)23)28(31)35)16-18-4-6-19(7-5-18)17-30-12-14-36-15-13-30/h1-9,24H,10-17H2,(H2,29,34)(H,32,33)/t24-/m1/s1. The molecule has 2 aliphatic heterocycles. The summed E-state index contributed by atoms with van der Waals surface area (Å²) in [7, 11) is 0. The van der Waals surface area contributed by atoms with Crippen LogP contribution in [0.3, 0.4) is 0 Å². The molecule has 3 aromatic carbocycles. The first-order valence-corrected chi connectivity index (χ1v) is 12.2. The van der Waals surface area contributed by atoms with E-state index in [4.69, 9.17) is 15.6 Å². The second-order valence-corrected chi connectivity index (χ2v) is 9.38. The molecule has 0 saturated carbocycles. The van der Waals surface area contributed by atoms with Crippen molar-refractivity contribution in [3.8, 4) is 0 Å². The number of anilines is 1. The predicted molar refractivity (Wildman–Crippen MR) is 136 cm³/mol. The third-order valence-corrected chi connectivity index (χ3v) is 7.02. The van der Waals surface area contributed by atoms with Gasteiger partial charge in [-0.15, -0.1) is 0 Å². The first-order valence-electron chi connectivity index (χ1n) is 12.2. The van der Waals surface area contributed by atoms with Gasteiger partial charge in [0.15, 0.2) is 0 Å². The SMILES string of the molecule is NC(=O)[C@@H](CCC(=O)O)N1C(=O)c2cccc3c(Cc4ccc(CN5CCOCC5)cc4)ccc1c23. The van der Waals surface area contributed by atoms with Gasteiger partial charge in [0.1, 0.15) is 6.04 Å². The normalized spacial score (nSPS) is 16.4. The number of carbonyl (C=O) groups is 3. The van der Waals surface area contributed by atoms with Gasteiger partial charge in [0.05, 0.1) is 18.9 Å². The molecule has 0 unspecified atom stereocenters. The minimum Gasteiger partial charge on any atom is -0.481 e. The summed E-state index contributed by atoms with van der Waals surface area (Å²) in [5.74, 6) is -2.08. The summed E-state index contributed by atoms with van der Waals surface area (Å²) in [6.45, 7) is 4.37. The molecule has 1 atom stereocenters. The topological polar surface area (TPSA) is 113 Å². The van der Waals surface area contributed by atoms with Crippen LogP contribution in [0.25, 0.3) is 10.8 Å². The molecule has 36 heavy (non-hydrogen) atoms. The number of carboxylic acids is 1. The molecule has 5 rings (SSSR count). The van der Waals surface area contributed by atoms with Crippen LogP contribution in [-0.2, 0) is 27.3 Å². The molecule has 0 radical (unpaired) electrons. The van der Waals surface area contributed by atoms with E-state index in [1.807, 2.05) is 24.3 Å². The van der Waals surface area contributed by atoms with Crippen LogP contribution in [0, 0.1) is 0 Å². The van der Waals surface area contributed by atoms with Gasteiger partial charge in [-0.05, 0) is 47.1 Å². The van der Waals surface area contributed by atoms with Crippen LogP contribution >= 0.6 is 0 Å². The largest absolute Gasteiger partial charge is 0.481 e. The van der Waals surface area contributed by atoms with Crippen LogP contribution in [-0.4, -0.2) is 60.1 Å². The predicted octanol–water partition coefficient (Wildman–Crippen LogP) is 2.94. The lowest BCUT2D eigenvalue weighted by molar-refractivity contribution is -0.137. The Labute approximate surface area is 209 Å². The molecule has 1 saturated heterocycles. The number of primary amides is 1. The van der Waals surface area contributed by atoms with Gasteiger partial charge in [-0.1, -0.05) is 42.5 Å². The third kappa shape index (κ3) is 4.69. The molecule has 0 spiro atoms. The van der Waals surface area contributed by atoms with Crippen molar-refractivity contribution in [2.24, 2.45) is 5.73 Å². The van der Waals surface area contributed by atoms with E-state index in [1.54, 1.807) is 6.07 Å². The minimum absolute atomic E-state index is 0.0373. The fourth-order valence-corrected chi connectivity index (χ4v) is 5.19. The van der Waals surface area contributed by atoms with Gasteiger partial charge in [0.2, 0.25) is 5.91 Å². The number of ether oxygens (including phenoxy) is 1. The van der Waals surface area contributed by atoms with E-state index in [9.17, 15) is 14.4 Å². The average Bonchev–Trinajstić information content (AvgIpc) is 3.15. The van der Waals surface area contributed by atoms with E-state index in [2.05, 4.69) is 29.2 Å². The summed E-state index contributed by atoms with van der Waals surface area (Å²) >= 11 is 0. The molecule has 0 aromatic heterocycles. The van der Waals surface area contributed by atoms with E-state index in [0.29, 0.717) is 17.7 Å². The smallest absolute Gasteiger partial charge is 0.303 e. The van der Waals surface area contributed by atoms with E-state index in [-0.39, 0.29) is 18.7 Å². The first-order chi connectivity index (χ1) is 17.4. The van der Waals surface area contributed by atoms with E-state index in [1.165, 1.54) is 16.0 Å². The number of morpholine rings is 1. The van der Waals surface area contributed by atoms with Crippen molar-refractivity contribution in [2.75, 3.05) is 31.2 Å². The summed E-state index contributed by atoms with van der Waals surface area (Å²) in [5, 5.41) is 10.8. The number of rotatable bonds is 9. The molecule has 3 N–H and O–H groups in total. The number of carboxylic acid groups (broad SMARTS) is 1. The molecule has 2 aliphatic rings. The van der Waals surface area contributed by atoms with Crippen molar-refractivity contribution in [1.29, 1.82) is 0 Å². The molecule has 186 valence electrons. The molecule has 8 heteroatoms. The molecule has 0 bridgehead atoms. The summed E-state index contributed by atoms with van der Waals surface area (Å²) in [5.41, 5.74) is 10.2. The van der Waals surface area contributed by atoms with E-state index >= 15 is 0 Å². The van der Waals surface area contributed by atoms with Crippen LogP contribution in [0.5, 0.6) is 0 Å². The number of nitrogens with two attached hydrogens (primary N) is 1. The molecule has 8 nitrogen and oxygen atoms in total. The van der Waals surface area contributed by atoms with E-state index in [0.717, 1.165) is 49.2 Å². The van der Waals surface area contributed by atoms with Crippen LogP contribution in [0.2, 0.25) is 0 Å². The fourth-order valence-electron chi connectivity index (χ4n) is 5.19. The number of benzene rings is 3. The van der Waals surface area contributed by atoms with Gasteiger partial charge < -0.3 is 15.6 Å². The number of hydrogen-bond donors (Lipinski definition) is 2. The second-order valence-electron chi connectivity index (χ2n) is 9.38. The van der Waals surface area contributed by atoms with Gasteiger partial charge in [0, 0.05) is 37.0 Å². The Bertz CT molecular complexity index is 1310. The minimum atomic E-state index is -1.04. The zero-order chi connectivity index (χ0) is 25.2. The molecular formula is C28H29N3O5. The Morgan fingerprint density at radius 1 is 1.00 bits per heavy atom. The molecule has 2 heterocycles. The van der Waals surface area contributed by atoms with Crippen molar-refractivity contribution in [3.05, 3.63) is 76.9 Å². The molecule has 3 aromatic rings.